The maximum atomic E-state index is 12.8. The van der Waals surface area contributed by atoms with Crippen molar-refractivity contribution in [3.63, 3.8) is 0 Å². The normalized spacial score (nSPS) is 13.9. The van der Waals surface area contributed by atoms with Crippen molar-refractivity contribution in [2.75, 3.05) is 12.9 Å². The van der Waals surface area contributed by atoms with E-state index in [9.17, 15) is 4.79 Å². The Labute approximate surface area is 133 Å². The molecule has 0 radical (unpaired) electrons. The molecule has 0 amide bonds. The van der Waals surface area contributed by atoms with Gasteiger partial charge in [0.05, 0.1) is 12.0 Å². The lowest BCUT2D eigenvalue weighted by Gasteiger charge is -2.09. The van der Waals surface area contributed by atoms with Crippen LogP contribution < -0.4 is 4.74 Å². The highest BCUT2D eigenvalue weighted by Crippen LogP contribution is 2.33. The summed E-state index contributed by atoms with van der Waals surface area (Å²) in [6, 6.07) is 5.99. The lowest BCUT2D eigenvalue weighted by molar-refractivity contribution is 0.104. The van der Waals surface area contributed by atoms with E-state index in [-0.39, 0.29) is 5.78 Å². The zero-order chi connectivity index (χ0) is 15.0. The van der Waals surface area contributed by atoms with Crippen molar-refractivity contribution in [3.8, 4) is 5.75 Å². The van der Waals surface area contributed by atoms with Gasteiger partial charge in [0.15, 0.2) is 0 Å². The van der Waals surface area contributed by atoms with Gasteiger partial charge in [-0.2, -0.15) is 11.8 Å². The summed E-state index contributed by atoms with van der Waals surface area (Å²) in [5.74, 6) is 3.19. The van der Waals surface area contributed by atoms with Crippen molar-refractivity contribution in [2.45, 2.75) is 26.0 Å². The smallest absolute Gasteiger partial charge is 0.203 e. The molecule has 0 bridgehead atoms. The van der Waals surface area contributed by atoms with E-state index in [4.69, 9.17) is 4.74 Å². The van der Waals surface area contributed by atoms with Crippen LogP contribution in [0.3, 0.4) is 0 Å². The molecule has 0 spiro atoms. The third-order valence-electron chi connectivity index (χ3n) is 3.84. The van der Waals surface area contributed by atoms with E-state index in [1.165, 1.54) is 16.2 Å². The van der Waals surface area contributed by atoms with Crippen molar-refractivity contribution >= 4 is 28.9 Å². The number of thiophene rings is 1. The van der Waals surface area contributed by atoms with Gasteiger partial charge in [0, 0.05) is 16.2 Å². The molecule has 1 aliphatic rings. The first-order valence-corrected chi connectivity index (χ1v) is 8.96. The average molecular weight is 318 g/mol. The summed E-state index contributed by atoms with van der Waals surface area (Å²) in [6.45, 7) is 3.95. The second-order valence-corrected chi connectivity index (χ2v) is 7.57. The highest BCUT2D eigenvalue weighted by molar-refractivity contribution is 7.98. The minimum atomic E-state index is 0.141. The van der Waals surface area contributed by atoms with Gasteiger partial charge in [-0.05, 0) is 60.9 Å². The first-order valence-electron chi connectivity index (χ1n) is 6.99. The minimum Gasteiger partial charge on any atom is -0.496 e. The van der Waals surface area contributed by atoms with E-state index in [1.807, 2.05) is 37.7 Å². The molecule has 0 saturated heterocycles. The Morgan fingerprint density at radius 2 is 2.00 bits per heavy atom. The van der Waals surface area contributed by atoms with Gasteiger partial charge in [0.25, 0.3) is 0 Å². The maximum absolute atomic E-state index is 12.8. The molecular formula is C17H18O2S2. The number of carbonyl (C=O) groups is 1. The van der Waals surface area contributed by atoms with Crippen LogP contribution in [0.15, 0.2) is 18.2 Å². The molecule has 0 saturated carbocycles. The standard InChI is InChI=1S/C17H18O2S2/c1-10-7-14(19-3)11(2)6-13(10)17(18)16-8-12-9-20-5-4-15(12)21-16/h6-8H,4-5,9H2,1-3H3. The number of benzene rings is 1. The van der Waals surface area contributed by atoms with Crippen LogP contribution in [0, 0.1) is 13.8 Å². The molecule has 2 aromatic rings. The summed E-state index contributed by atoms with van der Waals surface area (Å²) in [5.41, 5.74) is 4.12. The molecule has 0 aliphatic carbocycles. The van der Waals surface area contributed by atoms with Gasteiger partial charge in [-0.15, -0.1) is 11.3 Å². The fraction of sp³-hybridized carbons (Fsp3) is 0.353. The van der Waals surface area contributed by atoms with Crippen LogP contribution in [0.1, 0.15) is 36.8 Å². The van der Waals surface area contributed by atoms with E-state index < -0.39 is 0 Å². The van der Waals surface area contributed by atoms with Crippen LogP contribution in [0.4, 0.5) is 0 Å². The van der Waals surface area contributed by atoms with Crippen LogP contribution >= 0.6 is 23.1 Å². The predicted molar refractivity (Wildman–Crippen MR) is 90.1 cm³/mol. The molecule has 1 aromatic heterocycles. The number of hydrogen-bond acceptors (Lipinski definition) is 4. The van der Waals surface area contributed by atoms with E-state index >= 15 is 0 Å². The molecule has 3 rings (SSSR count). The molecule has 4 heteroatoms. The van der Waals surface area contributed by atoms with Crippen molar-refractivity contribution in [1.82, 2.24) is 0 Å². The number of ether oxygens (including phenoxy) is 1. The third kappa shape index (κ3) is 2.74. The number of carbonyl (C=O) groups excluding carboxylic acids is 1. The topological polar surface area (TPSA) is 26.3 Å². The number of ketones is 1. The Balaban J connectivity index is 1.98. The predicted octanol–water partition coefficient (Wildman–Crippen LogP) is 4.39. The summed E-state index contributed by atoms with van der Waals surface area (Å²) in [7, 11) is 1.66. The van der Waals surface area contributed by atoms with Crippen molar-refractivity contribution in [3.05, 3.63) is 50.2 Å². The molecule has 1 aromatic carbocycles. The van der Waals surface area contributed by atoms with Crippen molar-refractivity contribution < 1.29 is 9.53 Å². The van der Waals surface area contributed by atoms with Crippen LogP contribution in [-0.2, 0) is 12.2 Å². The third-order valence-corrected chi connectivity index (χ3v) is 6.08. The molecule has 21 heavy (non-hydrogen) atoms. The Morgan fingerprint density at radius 3 is 2.71 bits per heavy atom. The fourth-order valence-electron chi connectivity index (χ4n) is 2.65. The first kappa shape index (κ1) is 14.7. The lowest BCUT2D eigenvalue weighted by Crippen LogP contribution is -2.03. The second kappa shape index (κ2) is 5.85. The molecule has 0 fully saturated rings. The van der Waals surface area contributed by atoms with E-state index in [2.05, 4.69) is 6.07 Å². The number of rotatable bonds is 3. The van der Waals surface area contributed by atoms with E-state index in [0.717, 1.165) is 39.5 Å². The molecule has 0 N–H and O–H groups in total. The fourth-order valence-corrected chi connectivity index (χ4v) is 4.97. The van der Waals surface area contributed by atoms with E-state index in [1.54, 1.807) is 18.4 Å². The number of hydrogen-bond donors (Lipinski definition) is 0. The Kier molecular flexibility index (Phi) is 4.09. The van der Waals surface area contributed by atoms with Gasteiger partial charge < -0.3 is 4.74 Å². The SMILES string of the molecule is COc1cc(C)c(C(=O)c2cc3c(s2)CCSC3)cc1C. The molecule has 2 nitrogen and oxygen atoms in total. The maximum Gasteiger partial charge on any atom is 0.203 e. The second-order valence-electron chi connectivity index (χ2n) is 5.33. The van der Waals surface area contributed by atoms with Crippen LogP contribution in [0.2, 0.25) is 0 Å². The Morgan fingerprint density at radius 1 is 1.19 bits per heavy atom. The largest absolute Gasteiger partial charge is 0.496 e. The highest BCUT2D eigenvalue weighted by Gasteiger charge is 2.20. The number of thioether (sulfide) groups is 1. The molecule has 0 atom stereocenters. The van der Waals surface area contributed by atoms with Gasteiger partial charge in [-0.25, -0.2) is 0 Å². The summed E-state index contributed by atoms with van der Waals surface area (Å²) in [4.78, 5) is 15.1. The van der Waals surface area contributed by atoms with Gasteiger partial charge in [-0.1, -0.05) is 0 Å². The van der Waals surface area contributed by atoms with Crippen LogP contribution in [0.25, 0.3) is 0 Å². The van der Waals surface area contributed by atoms with Gasteiger partial charge >= 0.3 is 0 Å². The Hall–Kier alpha value is -1.26. The first-order chi connectivity index (χ1) is 10.1. The number of methoxy groups -OCH3 is 1. The average Bonchev–Trinajstić information content (AvgIpc) is 2.92. The summed E-state index contributed by atoms with van der Waals surface area (Å²) in [5, 5.41) is 0. The molecule has 1 aliphatic heterocycles. The quantitative estimate of drug-likeness (QED) is 0.785. The Bertz CT molecular complexity index is 678. The molecule has 110 valence electrons. The molecule has 0 unspecified atom stereocenters. The summed E-state index contributed by atoms with van der Waals surface area (Å²) >= 11 is 3.62. The van der Waals surface area contributed by atoms with Gasteiger partial charge in [-0.3, -0.25) is 4.79 Å². The van der Waals surface area contributed by atoms with Gasteiger partial charge in [0.2, 0.25) is 5.78 Å². The monoisotopic (exact) mass is 318 g/mol. The summed E-state index contributed by atoms with van der Waals surface area (Å²) < 4.78 is 5.32. The van der Waals surface area contributed by atoms with Crippen molar-refractivity contribution in [1.29, 1.82) is 0 Å². The van der Waals surface area contributed by atoms with E-state index in [0.29, 0.717) is 0 Å². The van der Waals surface area contributed by atoms with Crippen LogP contribution in [-0.4, -0.2) is 18.6 Å². The van der Waals surface area contributed by atoms with Crippen LogP contribution in [0.5, 0.6) is 5.75 Å². The number of fused-ring (bicyclic) bond motifs is 1. The zero-order valence-electron chi connectivity index (χ0n) is 12.5. The summed E-state index contributed by atoms with van der Waals surface area (Å²) in [6.07, 6.45) is 1.10. The molecular weight excluding hydrogens is 300 g/mol. The van der Waals surface area contributed by atoms with Crippen molar-refractivity contribution in [2.24, 2.45) is 0 Å². The minimum absolute atomic E-state index is 0.141. The number of aryl methyl sites for hydroxylation is 3. The van der Waals surface area contributed by atoms with Gasteiger partial charge in [0.1, 0.15) is 5.75 Å². The zero-order valence-corrected chi connectivity index (χ0v) is 14.1. The molecule has 2 heterocycles. The lowest BCUT2D eigenvalue weighted by atomic mass is 10.00. The highest BCUT2D eigenvalue weighted by atomic mass is 32.2.